The van der Waals surface area contributed by atoms with Crippen LogP contribution in [0.4, 0.5) is 27.1 Å². The summed E-state index contributed by atoms with van der Waals surface area (Å²) >= 11 is 0. The molecule has 2 heterocycles. The molecule has 0 bridgehead atoms. The lowest BCUT2D eigenvalue weighted by atomic mass is 10.0. The van der Waals surface area contributed by atoms with Gasteiger partial charge in [0.25, 0.3) is 5.91 Å². The number of aryl methyl sites for hydroxylation is 2. The Morgan fingerprint density at radius 1 is 1.00 bits per heavy atom. The van der Waals surface area contributed by atoms with E-state index in [-0.39, 0.29) is 18.4 Å². The van der Waals surface area contributed by atoms with Crippen molar-refractivity contribution in [3.63, 3.8) is 0 Å². The summed E-state index contributed by atoms with van der Waals surface area (Å²) in [6.07, 6.45) is 0. The molecule has 7 heteroatoms. The van der Waals surface area contributed by atoms with Crippen molar-refractivity contribution in [1.82, 2.24) is 4.98 Å². The number of ether oxygens (including phenoxy) is 1. The van der Waals surface area contributed by atoms with E-state index in [0.717, 1.165) is 22.6 Å². The summed E-state index contributed by atoms with van der Waals surface area (Å²) in [6.45, 7) is 3.99. The van der Waals surface area contributed by atoms with Crippen molar-refractivity contribution >= 4 is 28.7 Å². The van der Waals surface area contributed by atoms with Crippen LogP contribution in [0.25, 0.3) is 0 Å². The summed E-state index contributed by atoms with van der Waals surface area (Å²) in [4.78, 5) is 21.5. The van der Waals surface area contributed by atoms with Crippen molar-refractivity contribution in [2.24, 2.45) is 0 Å². The fraction of sp³-hybridized carbons (Fsp3) is 0.217. The lowest BCUT2D eigenvalue weighted by Gasteiger charge is -2.39. The number of benzene rings is 2. The number of anilines is 4. The quantitative estimate of drug-likeness (QED) is 0.684. The number of amides is 1. The maximum absolute atomic E-state index is 13.7. The smallest absolute Gasteiger partial charge is 0.261 e. The maximum Gasteiger partial charge on any atom is 0.261 e. The van der Waals surface area contributed by atoms with Crippen molar-refractivity contribution in [3.05, 3.63) is 71.2 Å². The molecule has 1 aromatic heterocycles. The van der Waals surface area contributed by atoms with Gasteiger partial charge in [-0.2, -0.15) is 0 Å². The molecule has 0 fully saturated rings. The third-order valence-electron chi connectivity index (χ3n) is 5.32. The van der Waals surface area contributed by atoms with Gasteiger partial charge in [-0.15, -0.1) is 0 Å². The molecule has 2 aromatic carbocycles. The normalized spacial score (nSPS) is 13.3. The van der Waals surface area contributed by atoms with Crippen molar-refractivity contribution in [2.45, 2.75) is 13.8 Å². The average molecular weight is 406 g/mol. The number of aromatic nitrogens is 1. The zero-order valence-electron chi connectivity index (χ0n) is 17.4. The van der Waals surface area contributed by atoms with Gasteiger partial charge in [0.1, 0.15) is 12.5 Å². The van der Waals surface area contributed by atoms with Crippen LogP contribution in [0.15, 0.2) is 48.5 Å². The van der Waals surface area contributed by atoms with Gasteiger partial charge in [0.15, 0.2) is 0 Å². The standard InChI is InChI=1S/C23H23FN4O2/c1-14-11-16(24)5-8-19(14)27-13-28(20-9-10-22(30-4)26-15(20)2)23(29)18-7-6-17(25-3)12-21(18)27/h5-12,25H,13H2,1-4H3. The number of hydrogen-bond acceptors (Lipinski definition) is 5. The molecule has 1 amide bonds. The van der Waals surface area contributed by atoms with E-state index in [4.69, 9.17) is 4.74 Å². The Hall–Kier alpha value is -3.61. The molecule has 1 aliphatic heterocycles. The highest BCUT2D eigenvalue weighted by Gasteiger charge is 2.33. The molecule has 30 heavy (non-hydrogen) atoms. The van der Waals surface area contributed by atoms with E-state index in [1.165, 1.54) is 12.1 Å². The minimum Gasteiger partial charge on any atom is -0.481 e. The highest BCUT2D eigenvalue weighted by atomic mass is 19.1. The minimum atomic E-state index is -0.291. The second-order valence-electron chi connectivity index (χ2n) is 7.17. The highest BCUT2D eigenvalue weighted by molar-refractivity contribution is 6.13. The minimum absolute atomic E-state index is 0.112. The van der Waals surface area contributed by atoms with Crippen LogP contribution >= 0.6 is 0 Å². The molecule has 0 saturated heterocycles. The molecule has 4 rings (SSSR count). The van der Waals surface area contributed by atoms with Crippen LogP contribution in [-0.2, 0) is 0 Å². The number of carbonyl (C=O) groups excluding carboxylic acids is 1. The Bertz CT molecular complexity index is 1130. The summed E-state index contributed by atoms with van der Waals surface area (Å²) in [5, 5.41) is 3.12. The van der Waals surface area contributed by atoms with Crippen molar-refractivity contribution < 1.29 is 13.9 Å². The Balaban J connectivity index is 1.87. The van der Waals surface area contributed by atoms with Crippen LogP contribution in [0.2, 0.25) is 0 Å². The van der Waals surface area contributed by atoms with Crippen molar-refractivity contribution in [3.8, 4) is 5.88 Å². The summed E-state index contributed by atoms with van der Waals surface area (Å²) in [5.41, 5.74) is 5.25. The number of nitrogens with zero attached hydrogens (tertiary/aromatic N) is 3. The van der Waals surface area contributed by atoms with Gasteiger partial charge in [-0.25, -0.2) is 9.37 Å². The largest absolute Gasteiger partial charge is 0.481 e. The van der Waals surface area contributed by atoms with Crippen LogP contribution in [0, 0.1) is 19.7 Å². The molecule has 0 saturated carbocycles. The first-order valence-corrected chi connectivity index (χ1v) is 9.62. The number of carbonyl (C=O) groups is 1. The van der Waals surface area contributed by atoms with E-state index >= 15 is 0 Å². The fourth-order valence-corrected chi connectivity index (χ4v) is 3.76. The number of halogens is 1. The highest BCUT2D eigenvalue weighted by Crippen LogP contribution is 2.39. The molecule has 0 unspecified atom stereocenters. The molecule has 0 radical (unpaired) electrons. The molecule has 154 valence electrons. The van der Waals surface area contributed by atoms with Gasteiger partial charge in [-0.3, -0.25) is 9.69 Å². The molecular formula is C23H23FN4O2. The molecule has 0 spiro atoms. The Kier molecular flexibility index (Phi) is 5.03. The van der Waals surface area contributed by atoms with E-state index in [1.54, 1.807) is 24.1 Å². The van der Waals surface area contributed by atoms with Crippen molar-refractivity contribution in [2.75, 3.05) is 35.9 Å². The van der Waals surface area contributed by atoms with E-state index < -0.39 is 0 Å². The number of fused-ring (bicyclic) bond motifs is 1. The molecular weight excluding hydrogens is 383 g/mol. The van der Waals surface area contributed by atoms with Gasteiger partial charge < -0.3 is 15.0 Å². The Labute approximate surface area is 174 Å². The van der Waals surface area contributed by atoms with Gasteiger partial charge in [0.2, 0.25) is 5.88 Å². The Morgan fingerprint density at radius 3 is 2.43 bits per heavy atom. The molecule has 0 aliphatic carbocycles. The second kappa shape index (κ2) is 7.67. The molecule has 1 N–H and O–H groups in total. The first kappa shape index (κ1) is 19.7. The van der Waals surface area contributed by atoms with E-state index in [1.807, 2.05) is 50.1 Å². The molecule has 3 aromatic rings. The summed E-state index contributed by atoms with van der Waals surface area (Å²) in [6, 6.07) is 13.9. The van der Waals surface area contributed by atoms with Gasteiger partial charge in [0, 0.05) is 24.5 Å². The summed E-state index contributed by atoms with van der Waals surface area (Å²) in [5.74, 6) is 0.0883. The second-order valence-corrected chi connectivity index (χ2v) is 7.17. The van der Waals surface area contributed by atoms with E-state index in [2.05, 4.69) is 10.3 Å². The fourth-order valence-electron chi connectivity index (χ4n) is 3.76. The molecule has 1 aliphatic rings. The predicted molar refractivity (Wildman–Crippen MR) is 116 cm³/mol. The number of rotatable bonds is 4. The van der Waals surface area contributed by atoms with Crippen LogP contribution in [-0.4, -0.2) is 31.7 Å². The van der Waals surface area contributed by atoms with Gasteiger partial charge in [0.05, 0.1) is 29.7 Å². The number of methoxy groups -OCH3 is 1. The number of nitrogens with one attached hydrogen (secondary N) is 1. The SMILES string of the molecule is CNc1ccc2c(c1)N(c1ccc(F)cc1C)CN(c1ccc(OC)nc1C)C2=O. The van der Waals surface area contributed by atoms with E-state index in [0.29, 0.717) is 22.8 Å². The van der Waals surface area contributed by atoms with Gasteiger partial charge in [-0.05, 0) is 61.9 Å². The topological polar surface area (TPSA) is 57.7 Å². The first-order chi connectivity index (χ1) is 14.4. The predicted octanol–water partition coefficient (Wildman–Crippen LogP) is 4.64. The monoisotopic (exact) mass is 406 g/mol. The van der Waals surface area contributed by atoms with E-state index in [9.17, 15) is 9.18 Å². The van der Waals surface area contributed by atoms with Gasteiger partial charge >= 0.3 is 0 Å². The third kappa shape index (κ3) is 3.32. The third-order valence-corrected chi connectivity index (χ3v) is 5.32. The zero-order valence-corrected chi connectivity index (χ0v) is 17.4. The van der Waals surface area contributed by atoms with Crippen LogP contribution in [0.1, 0.15) is 21.6 Å². The van der Waals surface area contributed by atoms with Crippen LogP contribution in [0.3, 0.4) is 0 Å². The first-order valence-electron chi connectivity index (χ1n) is 9.62. The summed E-state index contributed by atoms with van der Waals surface area (Å²) in [7, 11) is 3.39. The lowest BCUT2D eigenvalue weighted by molar-refractivity contribution is 0.0983. The average Bonchev–Trinajstić information content (AvgIpc) is 2.74. The maximum atomic E-state index is 13.7. The van der Waals surface area contributed by atoms with Crippen LogP contribution in [0.5, 0.6) is 5.88 Å². The summed E-state index contributed by atoms with van der Waals surface area (Å²) < 4.78 is 18.9. The molecule has 6 nitrogen and oxygen atoms in total. The van der Waals surface area contributed by atoms with Crippen molar-refractivity contribution in [1.29, 1.82) is 0 Å². The number of hydrogen-bond donors (Lipinski definition) is 1. The lowest BCUT2D eigenvalue weighted by Crippen LogP contribution is -2.45. The zero-order chi connectivity index (χ0) is 21.4. The molecule has 0 atom stereocenters. The van der Waals surface area contributed by atoms with Gasteiger partial charge in [-0.1, -0.05) is 0 Å². The Morgan fingerprint density at radius 2 is 1.77 bits per heavy atom. The van der Waals surface area contributed by atoms with Crippen LogP contribution < -0.4 is 19.9 Å². The number of pyridine rings is 1.